The molecule has 4 heterocycles. The standard InChI is InChI=1S/C19H23N5O4/c25-19(23-6-8-26-9-7-23)20-15-11-27-18-16(12-28-17(15)18)24-10-14(21-22-24)13-4-2-1-3-5-13/h1-5,10,15-18H,6-9,11-12H2,(H,20,25). The summed E-state index contributed by atoms with van der Waals surface area (Å²) in [6, 6.07) is 9.63. The van der Waals surface area contributed by atoms with Crippen molar-refractivity contribution < 1.29 is 19.0 Å². The molecular weight excluding hydrogens is 362 g/mol. The summed E-state index contributed by atoms with van der Waals surface area (Å²) in [5.41, 5.74) is 1.84. The fourth-order valence-corrected chi connectivity index (χ4v) is 4.03. The summed E-state index contributed by atoms with van der Waals surface area (Å²) >= 11 is 0. The van der Waals surface area contributed by atoms with Crippen LogP contribution in [0.3, 0.4) is 0 Å². The molecule has 5 rings (SSSR count). The average molecular weight is 385 g/mol. The van der Waals surface area contributed by atoms with Crippen LogP contribution in [0.2, 0.25) is 0 Å². The highest BCUT2D eigenvalue weighted by molar-refractivity contribution is 5.74. The Morgan fingerprint density at radius 1 is 1.07 bits per heavy atom. The molecule has 3 aliphatic rings. The van der Waals surface area contributed by atoms with E-state index in [0.29, 0.717) is 39.5 Å². The largest absolute Gasteiger partial charge is 0.378 e. The molecule has 1 N–H and O–H groups in total. The van der Waals surface area contributed by atoms with Gasteiger partial charge in [0, 0.05) is 18.7 Å². The molecule has 148 valence electrons. The van der Waals surface area contributed by atoms with Crippen molar-refractivity contribution in [2.75, 3.05) is 39.5 Å². The number of nitrogens with zero attached hydrogens (tertiary/aromatic N) is 4. The van der Waals surface area contributed by atoms with Gasteiger partial charge in [-0.05, 0) is 0 Å². The fraction of sp³-hybridized carbons (Fsp3) is 0.526. The summed E-state index contributed by atoms with van der Waals surface area (Å²) in [6.07, 6.45) is 1.59. The average Bonchev–Trinajstić information content (AvgIpc) is 3.47. The number of urea groups is 1. The lowest BCUT2D eigenvalue weighted by atomic mass is 10.1. The van der Waals surface area contributed by atoms with Crippen LogP contribution >= 0.6 is 0 Å². The van der Waals surface area contributed by atoms with E-state index in [-0.39, 0.29) is 30.3 Å². The molecule has 28 heavy (non-hydrogen) atoms. The fourth-order valence-electron chi connectivity index (χ4n) is 4.03. The lowest BCUT2D eigenvalue weighted by Crippen LogP contribution is -2.52. The molecule has 1 aromatic carbocycles. The summed E-state index contributed by atoms with van der Waals surface area (Å²) in [4.78, 5) is 14.2. The van der Waals surface area contributed by atoms with Crippen molar-refractivity contribution >= 4 is 6.03 Å². The van der Waals surface area contributed by atoms with Crippen molar-refractivity contribution in [1.82, 2.24) is 25.2 Å². The van der Waals surface area contributed by atoms with Crippen LogP contribution in [-0.4, -0.2) is 83.7 Å². The lowest BCUT2D eigenvalue weighted by Gasteiger charge is -2.29. The number of hydrogen-bond donors (Lipinski definition) is 1. The van der Waals surface area contributed by atoms with E-state index >= 15 is 0 Å². The van der Waals surface area contributed by atoms with Crippen molar-refractivity contribution in [2.24, 2.45) is 0 Å². The van der Waals surface area contributed by atoms with Crippen molar-refractivity contribution in [2.45, 2.75) is 24.3 Å². The van der Waals surface area contributed by atoms with E-state index in [0.717, 1.165) is 11.3 Å². The molecular formula is C19H23N5O4. The van der Waals surface area contributed by atoms with E-state index in [1.165, 1.54) is 0 Å². The number of carbonyl (C=O) groups is 1. The first kappa shape index (κ1) is 17.6. The molecule has 3 fully saturated rings. The Balaban J connectivity index is 1.24. The molecule has 0 spiro atoms. The Bertz CT molecular complexity index is 823. The summed E-state index contributed by atoms with van der Waals surface area (Å²) in [7, 11) is 0. The monoisotopic (exact) mass is 385 g/mol. The molecule has 3 saturated heterocycles. The normalized spacial score (nSPS) is 29.6. The van der Waals surface area contributed by atoms with E-state index in [1.807, 2.05) is 41.2 Å². The minimum atomic E-state index is -0.181. The summed E-state index contributed by atoms with van der Waals surface area (Å²) in [5.74, 6) is 0. The maximum Gasteiger partial charge on any atom is 0.317 e. The number of morpholine rings is 1. The molecule has 9 nitrogen and oxygen atoms in total. The van der Waals surface area contributed by atoms with Gasteiger partial charge in [0.2, 0.25) is 0 Å². The van der Waals surface area contributed by atoms with Gasteiger partial charge in [-0.2, -0.15) is 0 Å². The van der Waals surface area contributed by atoms with E-state index in [4.69, 9.17) is 14.2 Å². The zero-order valence-corrected chi connectivity index (χ0v) is 15.4. The first-order valence-electron chi connectivity index (χ1n) is 9.63. The Morgan fingerprint density at radius 2 is 1.86 bits per heavy atom. The zero-order valence-electron chi connectivity index (χ0n) is 15.4. The first-order chi connectivity index (χ1) is 13.8. The number of benzene rings is 1. The lowest BCUT2D eigenvalue weighted by molar-refractivity contribution is 0.0485. The summed E-state index contributed by atoms with van der Waals surface area (Å²) in [5, 5.41) is 11.6. The Morgan fingerprint density at radius 3 is 2.68 bits per heavy atom. The van der Waals surface area contributed by atoms with Gasteiger partial charge in [-0.15, -0.1) is 5.10 Å². The van der Waals surface area contributed by atoms with Gasteiger partial charge in [-0.1, -0.05) is 35.5 Å². The topological polar surface area (TPSA) is 90.7 Å². The number of amides is 2. The van der Waals surface area contributed by atoms with Crippen LogP contribution in [-0.2, 0) is 14.2 Å². The molecule has 2 amide bonds. The van der Waals surface area contributed by atoms with Crippen molar-refractivity contribution in [1.29, 1.82) is 0 Å². The van der Waals surface area contributed by atoms with Crippen LogP contribution in [0.5, 0.6) is 0 Å². The van der Waals surface area contributed by atoms with Crippen LogP contribution in [0.25, 0.3) is 11.3 Å². The Kier molecular flexibility index (Phi) is 4.71. The predicted molar refractivity (Wildman–Crippen MR) is 98.7 cm³/mol. The third kappa shape index (κ3) is 3.25. The van der Waals surface area contributed by atoms with Gasteiger partial charge in [0.05, 0.1) is 38.7 Å². The smallest absolute Gasteiger partial charge is 0.317 e. The first-order valence-corrected chi connectivity index (χ1v) is 9.63. The van der Waals surface area contributed by atoms with Crippen LogP contribution in [0, 0.1) is 0 Å². The molecule has 1 aromatic heterocycles. The number of rotatable bonds is 3. The van der Waals surface area contributed by atoms with Gasteiger partial charge < -0.3 is 24.4 Å². The molecule has 4 atom stereocenters. The second-order valence-corrected chi connectivity index (χ2v) is 7.27. The van der Waals surface area contributed by atoms with Gasteiger partial charge >= 0.3 is 6.03 Å². The highest BCUT2D eigenvalue weighted by atomic mass is 16.6. The molecule has 2 aromatic rings. The minimum absolute atomic E-state index is 0.0553. The molecule has 0 aliphatic carbocycles. The summed E-state index contributed by atoms with van der Waals surface area (Å²) in [6.45, 7) is 3.29. The van der Waals surface area contributed by atoms with Crippen molar-refractivity contribution in [3.63, 3.8) is 0 Å². The van der Waals surface area contributed by atoms with Gasteiger partial charge in [0.15, 0.2) is 0 Å². The van der Waals surface area contributed by atoms with Crippen molar-refractivity contribution in [3.05, 3.63) is 36.5 Å². The number of fused-ring (bicyclic) bond motifs is 1. The second kappa shape index (κ2) is 7.50. The number of ether oxygens (including phenoxy) is 3. The third-order valence-electron chi connectivity index (χ3n) is 5.55. The molecule has 0 radical (unpaired) electrons. The minimum Gasteiger partial charge on any atom is -0.378 e. The van der Waals surface area contributed by atoms with Crippen LogP contribution < -0.4 is 5.32 Å². The van der Waals surface area contributed by atoms with Gasteiger partial charge in [0.1, 0.15) is 23.9 Å². The van der Waals surface area contributed by atoms with E-state index < -0.39 is 0 Å². The zero-order chi connectivity index (χ0) is 18.9. The Hall–Kier alpha value is -2.49. The van der Waals surface area contributed by atoms with E-state index in [9.17, 15) is 4.79 Å². The quantitative estimate of drug-likeness (QED) is 0.836. The van der Waals surface area contributed by atoms with Crippen LogP contribution in [0.4, 0.5) is 4.79 Å². The molecule has 4 unspecified atom stereocenters. The predicted octanol–water partition coefficient (Wildman–Crippen LogP) is 0.694. The maximum atomic E-state index is 12.5. The number of carbonyl (C=O) groups excluding carboxylic acids is 1. The number of nitrogens with one attached hydrogen (secondary N) is 1. The van der Waals surface area contributed by atoms with Crippen molar-refractivity contribution in [3.8, 4) is 11.3 Å². The highest BCUT2D eigenvalue weighted by Crippen LogP contribution is 2.34. The van der Waals surface area contributed by atoms with E-state index in [1.54, 1.807) is 4.90 Å². The van der Waals surface area contributed by atoms with Gasteiger partial charge in [-0.3, -0.25) is 0 Å². The third-order valence-corrected chi connectivity index (χ3v) is 5.55. The molecule has 0 bridgehead atoms. The second-order valence-electron chi connectivity index (χ2n) is 7.27. The van der Waals surface area contributed by atoms with Gasteiger partial charge in [-0.25, -0.2) is 9.48 Å². The van der Waals surface area contributed by atoms with Gasteiger partial charge in [0.25, 0.3) is 0 Å². The maximum absolute atomic E-state index is 12.5. The number of aromatic nitrogens is 3. The molecule has 3 aliphatic heterocycles. The number of hydrogen-bond acceptors (Lipinski definition) is 6. The Labute approximate surface area is 162 Å². The highest BCUT2D eigenvalue weighted by Gasteiger charge is 2.49. The summed E-state index contributed by atoms with van der Waals surface area (Å²) < 4.78 is 19.1. The molecule has 9 heteroatoms. The van der Waals surface area contributed by atoms with E-state index in [2.05, 4.69) is 15.6 Å². The van der Waals surface area contributed by atoms with Crippen LogP contribution in [0.1, 0.15) is 6.04 Å². The SMILES string of the molecule is O=C(NC1COC2C1OCC2n1cc(-c2ccccc2)nn1)N1CCOCC1. The van der Waals surface area contributed by atoms with Crippen LogP contribution in [0.15, 0.2) is 36.5 Å². The molecule has 0 saturated carbocycles.